The van der Waals surface area contributed by atoms with Crippen LogP contribution < -0.4 is 20.1 Å². The molecule has 0 atom stereocenters. The van der Waals surface area contributed by atoms with Crippen molar-refractivity contribution >= 4 is 23.3 Å². The summed E-state index contributed by atoms with van der Waals surface area (Å²) in [5.74, 6) is -0.303. The first-order valence-corrected chi connectivity index (χ1v) is 10.8. The second-order valence-electron chi connectivity index (χ2n) is 7.63. The summed E-state index contributed by atoms with van der Waals surface area (Å²) in [5, 5.41) is 17.1. The molecule has 0 unspecified atom stereocenters. The molecule has 34 heavy (non-hydrogen) atoms. The molecule has 0 aliphatic carbocycles. The van der Waals surface area contributed by atoms with E-state index >= 15 is 0 Å². The van der Waals surface area contributed by atoms with Crippen LogP contribution in [0.1, 0.15) is 28.8 Å². The Morgan fingerprint density at radius 1 is 1.09 bits per heavy atom. The van der Waals surface area contributed by atoms with Crippen molar-refractivity contribution in [1.29, 1.82) is 0 Å². The lowest BCUT2D eigenvalue weighted by molar-refractivity contribution is -0.385. The Labute approximate surface area is 197 Å². The molecule has 182 valence electrons. The van der Waals surface area contributed by atoms with Crippen LogP contribution >= 0.6 is 0 Å². The molecule has 3 rings (SSSR count). The number of carbonyl (C=O) groups is 2. The molecule has 0 radical (unpaired) electrons. The third kappa shape index (κ3) is 6.35. The van der Waals surface area contributed by atoms with Gasteiger partial charge in [-0.2, -0.15) is 0 Å². The number of hydrogen-bond acceptors (Lipinski definition) is 7. The van der Waals surface area contributed by atoms with Gasteiger partial charge in [-0.1, -0.05) is 12.1 Å². The van der Waals surface area contributed by atoms with Crippen LogP contribution in [0.15, 0.2) is 36.4 Å². The number of anilines is 1. The van der Waals surface area contributed by atoms with E-state index in [2.05, 4.69) is 10.6 Å². The number of hydrogen-bond donors (Lipinski definition) is 2. The van der Waals surface area contributed by atoms with E-state index in [-0.39, 0.29) is 42.9 Å². The van der Waals surface area contributed by atoms with Crippen molar-refractivity contribution in [3.63, 3.8) is 0 Å². The highest BCUT2D eigenvalue weighted by atomic mass is 16.6. The first-order valence-electron chi connectivity index (χ1n) is 10.8. The highest BCUT2D eigenvalue weighted by Crippen LogP contribution is 2.34. The van der Waals surface area contributed by atoms with E-state index in [1.165, 1.54) is 20.3 Å². The molecule has 11 nitrogen and oxygen atoms in total. The number of likely N-dealkylation sites (tertiary alicyclic amines) is 1. The van der Waals surface area contributed by atoms with Crippen LogP contribution in [0.3, 0.4) is 0 Å². The van der Waals surface area contributed by atoms with Gasteiger partial charge in [0.25, 0.3) is 11.6 Å². The molecule has 2 N–H and O–H groups in total. The summed E-state index contributed by atoms with van der Waals surface area (Å²) in [4.78, 5) is 37.8. The van der Waals surface area contributed by atoms with Crippen LogP contribution in [0, 0.1) is 10.1 Å². The number of amides is 3. The third-order valence-electron chi connectivity index (χ3n) is 5.29. The van der Waals surface area contributed by atoms with Crippen molar-refractivity contribution < 1.29 is 28.7 Å². The smallest absolute Gasteiger partial charge is 0.321 e. The number of urea groups is 1. The fourth-order valence-electron chi connectivity index (χ4n) is 3.55. The minimum absolute atomic E-state index is 0.109. The number of nitrogens with one attached hydrogen (secondary N) is 2. The quantitative estimate of drug-likeness (QED) is 0.308. The summed E-state index contributed by atoms with van der Waals surface area (Å²) >= 11 is 0. The maximum Gasteiger partial charge on any atom is 0.321 e. The molecular weight excluding hydrogens is 444 g/mol. The molecule has 0 spiro atoms. The Bertz CT molecular complexity index is 1040. The number of nitrogens with zero attached hydrogens (tertiary/aromatic N) is 2. The largest absolute Gasteiger partial charge is 0.493 e. The van der Waals surface area contributed by atoms with E-state index in [4.69, 9.17) is 14.2 Å². The zero-order valence-corrected chi connectivity index (χ0v) is 19.2. The van der Waals surface area contributed by atoms with Gasteiger partial charge >= 0.3 is 6.03 Å². The van der Waals surface area contributed by atoms with Crippen LogP contribution in [-0.2, 0) is 11.3 Å². The first-order chi connectivity index (χ1) is 16.4. The number of methoxy groups -OCH3 is 2. The molecule has 2 aromatic carbocycles. The molecule has 3 amide bonds. The lowest BCUT2D eigenvalue weighted by Crippen LogP contribution is -2.32. The zero-order chi connectivity index (χ0) is 24.5. The van der Waals surface area contributed by atoms with E-state index in [9.17, 15) is 19.7 Å². The first kappa shape index (κ1) is 24.8. The molecule has 0 bridgehead atoms. The average Bonchev–Trinajstić information content (AvgIpc) is 3.38. The molecule has 1 aliphatic rings. The Morgan fingerprint density at radius 2 is 1.85 bits per heavy atom. The Balaban J connectivity index is 1.70. The predicted octanol–water partition coefficient (Wildman–Crippen LogP) is 3.19. The van der Waals surface area contributed by atoms with Crippen molar-refractivity contribution in [3.8, 4) is 11.5 Å². The summed E-state index contributed by atoms with van der Waals surface area (Å²) in [6.45, 7) is 2.04. The van der Waals surface area contributed by atoms with Crippen LogP contribution in [0.5, 0.6) is 11.5 Å². The lowest BCUT2D eigenvalue weighted by atomic mass is 10.1. The molecule has 1 saturated heterocycles. The molecule has 1 fully saturated rings. The Morgan fingerprint density at radius 3 is 2.53 bits per heavy atom. The molecule has 11 heteroatoms. The highest BCUT2D eigenvalue weighted by Gasteiger charge is 2.25. The maximum absolute atomic E-state index is 12.8. The summed E-state index contributed by atoms with van der Waals surface area (Å²) < 4.78 is 15.6. The number of carbonyl (C=O) groups excluding carboxylic acids is 2. The summed E-state index contributed by atoms with van der Waals surface area (Å²) in [5.41, 5.74) is 0.771. The second-order valence-corrected chi connectivity index (χ2v) is 7.63. The van der Waals surface area contributed by atoms with Gasteiger partial charge < -0.3 is 29.7 Å². The Kier molecular flexibility index (Phi) is 8.63. The predicted molar refractivity (Wildman–Crippen MR) is 124 cm³/mol. The van der Waals surface area contributed by atoms with E-state index in [1.54, 1.807) is 29.2 Å². The van der Waals surface area contributed by atoms with Crippen molar-refractivity contribution in [3.05, 3.63) is 57.6 Å². The fraction of sp³-hybridized carbons (Fsp3) is 0.391. The van der Waals surface area contributed by atoms with Crippen LogP contribution in [-0.4, -0.2) is 62.3 Å². The standard InChI is InChI=1S/C23H28N4O7/c1-32-10-11-34-21-14-19(27(30)31)18(13-20(21)33-2)22(28)24-15-16-6-5-7-17(12-16)25-23(29)26-8-3-4-9-26/h5-7,12-14H,3-4,8-11,15H2,1-2H3,(H,24,28)(H,25,29). The van der Waals surface area contributed by atoms with Gasteiger partial charge in [-0.05, 0) is 30.5 Å². The van der Waals surface area contributed by atoms with Gasteiger partial charge in [0.15, 0.2) is 11.5 Å². The molecule has 2 aromatic rings. The van der Waals surface area contributed by atoms with Crippen LogP contribution in [0.2, 0.25) is 0 Å². The summed E-state index contributed by atoms with van der Waals surface area (Å²) in [6, 6.07) is 9.34. The lowest BCUT2D eigenvalue weighted by Gasteiger charge is -2.16. The van der Waals surface area contributed by atoms with Gasteiger partial charge in [-0.3, -0.25) is 14.9 Å². The van der Waals surface area contributed by atoms with Gasteiger partial charge in [0.2, 0.25) is 0 Å². The van der Waals surface area contributed by atoms with Gasteiger partial charge in [0, 0.05) is 38.5 Å². The third-order valence-corrected chi connectivity index (χ3v) is 5.29. The van der Waals surface area contributed by atoms with E-state index in [0.717, 1.165) is 37.6 Å². The maximum atomic E-state index is 12.8. The molecule has 1 heterocycles. The number of rotatable bonds is 10. The van der Waals surface area contributed by atoms with Crippen molar-refractivity contribution in [2.24, 2.45) is 0 Å². The number of benzene rings is 2. The summed E-state index contributed by atoms with van der Waals surface area (Å²) in [6.07, 6.45) is 1.99. The van der Waals surface area contributed by atoms with E-state index in [1.807, 2.05) is 0 Å². The SMILES string of the molecule is COCCOc1cc([N+](=O)[O-])c(C(=O)NCc2cccc(NC(=O)N3CCCC3)c2)cc1OC. The van der Waals surface area contributed by atoms with Gasteiger partial charge in [0.05, 0.1) is 24.7 Å². The number of nitro groups is 1. The molecule has 0 aromatic heterocycles. The molecule has 1 aliphatic heterocycles. The van der Waals surface area contributed by atoms with E-state index < -0.39 is 16.5 Å². The topological polar surface area (TPSA) is 132 Å². The zero-order valence-electron chi connectivity index (χ0n) is 19.2. The summed E-state index contributed by atoms with van der Waals surface area (Å²) in [7, 11) is 2.89. The number of ether oxygens (including phenoxy) is 3. The van der Waals surface area contributed by atoms with Crippen molar-refractivity contribution in [1.82, 2.24) is 10.2 Å². The van der Waals surface area contributed by atoms with Crippen LogP contribution in [0.4, 0.5) is 16.2 Å². The fourth-order valence-corrected chi connectivity index (χ4v) is 3.55. The van der Waals surface area contributed by atoms with Crippen molar-refractivity contribution in [2.75, 3.05) is 45.8 Å². The van der Waals surface area contributed by atoms with Crippen molar-refractivity contribution in [2.45, 2.75) is 19.4 Å². The van der Waals surface area contributed by atoms with Gasteiger partial charge in [-0.15, -0.1) is 0 Å². The molecular formula is C23H28N4O7. The normalized spacial score (nSPS) is 12.8. The highest BCUT2D eigenvalue weighted by molar-refractivity contribution is 5.99. The molecule has 0 saturated carbocycles. The second kappa shape index (κ2) is 11.8. The monoisotopic (exact) mass is 472 g/mol. The van der Waals surface area contributed by atoms with Crippen LogP contribution in [0.25, 0.3) is 0 Å². The van der Waals surface area contributed by atoms with Gasteiger partial charge in [-0.25, -0.2) is 4.79 Å². The minimum atomic E-state index is -0.647. The average molecular weight is 472 g/mol. The van der Waals surface area contributed by atoms with Gasteiger partial charge in [0.1, 0.15) is 12.2 Å². The Hall–Kier alpha value is -3.86. The number of nitro benzene ring substituents is 1. The minimum Gasteiger partial charge on any atom is -0.493 e. The van der Waals surface area contributed by atoms with E-state index in [0.29, 0.717) is 5.69 Å².